The molecule has 0 atom stereocenters. The third-order valence-electron chi connectivity index (χ3n) is 3.14. The molecule has 0 aliphatic rings. The van der Waals surface area contributed by atoms with Crippen LogP contribution >= 0.6 is 0 Å². The van der Waals surface area contributed by atoms with Gasteiger partial charge in [0.25, 0.3) is 11.4 Å². The highest BCUT2D eigenvalue weighted by Gasteiger charge is 2.27. The van der Waals surface area contributed by atoms with Gasteiger partial charge < -0.3 is 10.4 Å². The molecule has 2 aromatic rings. The third-order valence-corrected chi connectivity index (χ3v) is 3.14. The van der Waals surface area contributed by atoms with E-state index in [2.05, 4.69) is 5.32 Å². The number of nitro groups is 2. The molecule has 0 heterocycles. The summed E-state index contributed by atoms with van der Waals surface area (Å²) in [6.07, 6.45) is 0. The zero-order valence-electron chi connectivity index (χ0n) is 11.8. The molecule has 2 aromatic carbocycles. The van der Waals surface area contributed by atoms with Crippen molar-refractivity contribution in [3.63, 3.8) is 0 Å². The molecule has 2 N–H and O–H groups in total. The van der Waals surface area contributed by atoms with Gasteiger partial charge in [0.2, 0.25) is 0 Å². The summed E-state index contributed by atoms with van der Waals surface area (Å²) in [7, 11) is 0. The predicted molar refractivity (Wildman–Crippen MR) is 81.2 cm³/mol. The van der Waals surface area contributed by atoms with E-state index < -0.39 is 32.8 Å². The van der Waals surface area contributed by atoms with Crippen molar-refractivity contribution in [3.8, 4) is 0 Å². The lowest BCUT2D eigenvalue weighted by Gasteiger charge is -2.12. The zero-order valence-corrected chi connectivity index (χ0v) is 11.8. The Labute approximate surface area is 129 Å². The molecular weight excluding hydrogens is 306 g/mol. The Morgan fingerprint density at radius 2 is 1.78 bits per heavy atom. The van der Waals surface area contributed by atoms with Crippen LogP contribution in [0.15, 0.2) is 36.4 Å². The molecule has 0 amide bonds. The lowest BCUT2D eigenvalue weighted by Crippen LogP contribution is -2.08. The molecule has 0 aromatic heterocycles. The number of non-ortho nitro benzene ring substituents is 1. The fraction of sp³-hybridized carbons (Fsp3) is 0.0714. The van der Waals surface area contributed by atoms with E-state index in [0.29, 0.717) is 5.69 Å². The van der Waals surface area contributed by atoms with Crippen molar-refractivity contribution in [2.45, 2.75) is 6.92 Å². The topological polar surface area (TPSA) is 136 Å². The zero-order chi connectivity index (χ0) is 17.1. The van der Waals surface area contributed by atoms with Gasteiger partial charge in [-0.25, -0.2) is 4.79 Å². The molecule has 118 valence electrons. The van der Waals surface area contributed by atoms with Crippen molar-refractivity contribution in [2.75, 3.05) is 5.32 Å². The Morgan fingerprint density at radius 3 is 2.30 bits per heavy atom. The van der Waals surface area contributed by atoms with E-state index >= 15 is 0 Å². The van der Waals surface area contributed by atoms with Gasteiger partial charge in [0.05, 0.1) is 21.5 Å². The van der Waals surface area contributed by atoms with Crippen LogP contribution in [0.5, 0.6) is 0 Å². The normalized spacial score (nSPS) is 10.1. The third kappa shape index (κ3) is 3.23. The highest BCUT2D eigenvalue weighted by Crippen LogP contribution is 2.36. The number of carboxylic acid groups (broad SMARTS) is 1. The van der Waals surface area contributed by atoms with E-state index in [9.17, 15) is 30.1 Å². The van der Waals surface area contributed by atoms with Crippen LogP contribution in [0.2, 0.25) is 0 Å². The summed E-state index contributed by atoms with van der Waals surface area (Å²) in [6.45, 7) is 1.74. The summed E-state index contributed by atoms with van der Waals surface area (Å²) < 4.78 is 0. The van der Waals surface area contributed by atoms with Gasteiger partial charge in [-0.3, -0.25) is 20.2 Å². The Balaban J connectivity index is 2.69. The fourth-order valence-electron chi connectivity index (χ4n) is 2.01. The number of nitrogens with one attached hydrogen (secondary N) is 1. The number of para-hydroxylation sites is 1. The molecule has 0 radical (unpaired) electrons. The predicted octanol–water partition coefficient (Wildman–Crippen LogP) is 3.25. The first-order valence-electron chi connectivity index (χ1n) is 6.34. The Bertz CT molecular complexity index is 783. The number of benzene rings is 2. The number of nitrogens with zero attached hydrogens (tertiary/aromatic N) is 2. The van der Waals surface area contributed by atoms with Crippen molar-refractivity contribution >= 4 is 28.7 Å². The number of hydrogen-bond donors (Lipinski definition) is 2. The van der Waals surface area contributed by atoms with Crippen molar-refractivity contribution in [3.05, 3.63) is 67.8 Å². The number of carboxylic acids is 1. The number of carbonyl (C=O) groups is 1. The van der Waals surface area contributed by atoms with Crippen LogP contribution in [-0.4, -0.2) is 20.9 Å². The lowest BCUT2D eigenvalue weighted by atomic mass is 10.1. The fourth-order valence-corrected chi connectivity index (χ4v) is 2.01. The van der Waals surface area contributed by atoms with Gasteiger partial charge in [-0.05, 0) is 18.6 Å². The van der Waals surface area contributed by atoms with Gasteiger partial charge in [-0.2, -0.15) is 0 Å². The van der Waals surface area contributed by atoms with Gasteiger partial charge >= 0.3 is 5.97 Å². The average Bonchev–Trinajstić information content (AvgIpc) is 2.48. The first-order chi connectivity index (χ1) is 10.8. The Hall–Kier alpha value is -3.49. The number of nitro benzene ring substituents is 2. The molecule has 9 heteroatoms. The lowest BCUT2D eigenvalue weighted by molar-refractivity contribution is -0.393. The summed E-state index contributed by atoms with van der Waals surface area (Å²) in [4.78, 5) is 31.7. The summed E-state index contributed by atoms with van der Waals surface area (Å²) in [5.74, 6) is -1.51. The second-order valence-corrected chi connectivity index (χ2v) is 4.65. The maximum absolute atomic E-state index is 11.4. The second kappa shape index (κ2) is 6.10. The van der Waals surface area contributed by atoms with Crippen LogP contribution in [-0.2, 0) is 0 Å². The van der Waals surface area contributed by atoms with E-state index in [4.69, 9.17) is 0 Å². The van der Waals surface area contributed by atoms with Crippen molar-refractivity contribution in [1.29, 1.82) is 0 Å². The van der Waals surface area contributed by atoms with Crippen molar-refractivity contribution in [2.24, 2.45) is 0 Å². The largest absolute Gasteiger partial charge is 0.478 e. The van der Waals surface area contributed by atoms with Crippen LogP contribution in [0.1, 0.15) is 15.9 Å². The van der Waals surface area contributed by atoms with Crippen LogP contribution < -0.4 is 5.32 Å². The SMILES string of the molecule is Cc1ccccc1Nc1c(C(=O)O)cc([N+](=O)[O-])cc1[N+](=O)[O-]. The molecule has 0 aliphatic carbocycles. The Morgan fingerprint density at radius 1 is 1.13 bits per heavy atom. The molecule has 0 fully saturated rings. The average molecular weight is 317 g/mol. The first kappa shape index (κ1) is 15.9. The first-order valence-corrected chi connectivity index (χ1v) is 6.34. The van der Waals surface area contributed by atoms with Gasteiger partial charge in [-0.15, -0.1) is 0 Å². The second-order valence-electron chi connectivity index (χ2n) is 4.65. The maximum Gasteiger partial charge on any atom is 0.338 e. The van der Waals surface area contributed by atoms with Gasteiger partial charge in [0.15, 0.2) is 0 Å². The van der Waals surface area contributed by atoms with Gasteiger partial charge in [0, 0.05) is 11.8 Å². The summed E-state index contributed by atoms with van der Waals surface area (Å²) in [6, 6.07) is 8.30. The van der Waals surface area contributed by atoms with Crippen LogP contribution in [0.3, 0.4) is 0 Å². The van der Waals surface area contributed by atoms with E-state index in [1.54, 1.807) is 31.2 Å². The minimum absolute atomic E-state index is 0.303. The molecule has 0 unspecified atom stereocenters. The summed E-state index contributed by atoms with van der Waals surface area (Å²) in [5, 5.41) is 34.0. The van der Waals surface area contributed by atoms with Gasteiger partial charge in [0.1, 0.15) is 5.69 Å². The standard InChI is InChI=1S/C14H11N3O6/c1-8-4-2-3-5-11(8)15-13-10(14(18)19)6-9(16(20)21)7-12(13)17(22)23/h2-7,15H,1H3,(H,18,19). The van der Waals surface area contributed by atoms with E-state index in [1.807, 2.05) is 0 Å². The quantitative estimate of drug-likeness (QED) is 0.638. The number of aryl methyl sites for hydroxylation is 1. The number of hydrogen-bond acceptors (Lipinski definition) is 6. The molecule has 0 bridgehead atoms. The van der Waals surface area contributed by atoms with E-state index in [-0.39, 0.29) is 5.69 Å². The van der Waals surface area contributed by atoms with Crippen LogP contribution in [0.4, 0.5) is 22.7 Å². The maximum atomic E-state index is 11.4. The van der Waals surface area contributed by atoms with Gasteiger partial charge in [-0.1, -0.05) is 18.2 Å². The molecular formula is C14H11N3O6. The number of aromatic carboxylic acids is 1. The van der Waals surface area contributed by atoms with E-state index in [1.165, 1.54) is 0 Å². The Kier molecular flexibility index (Phi) is 4.21. The summed E-state index contributed by atoms with van der Waals surface area (Å²) in [5.41, 5.74) is -0.996. The molecule has 0 aliphatic heterocycles. The minimum Gasteiger partial charge on any atom is -0.478 e. The van der Waals surface area contributed by atoms with Crippen molar-refractivity contribution < 1.29 is 19.7 Å². The van der Waals surface area contributed by atoms with Crippen LogP contribution in [0.25, 0.3) is 0 Å². The monoisotopic (exact) mass is 317 g/mol. The highest BCUT2D eigenvalue weighted by molar-refractivity contribution is 5.99. The molecule has 2 rings (SSSR count). The summed E-state index contributed by atoms with van der Waals surface area (Å²) >= 11 is 0. The molecule has 23 heavy (non-hydrogen) atoms. The minimum atomic E-state index is -1.51. The number of anilines is 2. The number of rotatable bonds is 5. The smallest absolute Gasteiger partial charge is 0.338 e. The van der Waals surface area contributed by atoms with Crippen molar-refractivity contribution in [1.82, 2.24) is 0 Å². The van der Waals surface area contributed by atoms with E-state index in [0.717, 1.165) is 17.7 Å². The van der Waals surface area contributed by atoms with Crippen LogP contribution in [0, 0.1) is 27.2 Å². The highest BCUT2D eigenvalue weighted by atomic mass is 16.6. The molecule has 0 saturated heterocycles. The molecule has 9 nitrogen and oxygen atoms in total. The molecule has 0 saturated carbocycles. The molecule has 0 spiro atoms.